The molecule has 104 valence electrons. The lowest BCUT2D eigenvalue weighted by Crippen LogP contribution is -1.84. The van der Waals surface area contributed by atoms with E-state index in [1.165, 1.54) is 23.1 Å². The van der Waals surface area contributed by atoms with Gasteiger partial charge >= 0.3 is 0 Å². The Morgan fingerprint density at radius 3 is 2.85 bits per heavy atom. The zero-order valence-corrected chi connectivity index (χ0v) is 13.4. The molecule has 0 saturated heterocycles. The van der Waals surface area contributed by atoms with E-state index in [1.54, 1.807) is 19.2 Å². The molecule has 0 aliphatic carbocycles. The van der Waals surface area contributed by atoms with Crippen LogP contribution >= 0.6 is 39.0 Å². The average molecular weight is 374 g/mol. The van der Waals surface area contributed by atoms with E-state index in [1.807, 2.05) is 0 Å². The van der Waals surface area contributed by atoms with Crippen molar-refractivity contribution in [2.75, 3.05) is 12.4 Å². The summed E-state index contributed by atoms with van der Waals surface area (Å²) in [5, 5.41) is 19.6. The third-order valence-electron chi connectivity index (χ3n) is 2.19. The number of rotatable bonds is 5. The smallest absolute Gasteiger partial charge is 0.283 e. The molecule has 3 rings (SSSR count). The summed E-state index contributed by atoms with van der Waals surface area (Å²) in [4.78, 5) is 0. The molecule has 0 aliphatic heterocycles. The molecule has 0 amide bonds. The van der Waals surface area contributed by atoms with Crippen molar-refractivity contribution < 1.29 is 8.83 Å². The lowest BCUT2D eigenvalue weighted by atomic mass is 10.5. The van der Waals surface area contributed by atoms with E-state index in [0.717, 1.165) is 9.47 Å². The van der Waals surface area contributed by atoms with Gasteiger partial charge in [-0.2, -0.15) is 0 Å². The summed E-state index contributed by atoms with van der Waals surface area (Å²) in [5.74, 6) is 1.94. The number of furan rings is 1. The number of hydrogen-bond acceptors (Lipinski definition) is 9. The van der Waals surface area contributed by atoms with Crippen LogP contribution in [0.15, 0.2) is 30.0 Å². The lowest BCUT2D eigenvalue weighted by Gasteiger charge is -1.90. The highest BCUT2D eigenvalue weighted by molar-refractivity contribution is 9.10. The van der Waals surface area contributed by atoms with Crippen molar-refractivity contribution in [3.8, 4) is 11.7 Å². The maximum Gasteiger partial charge on any atom is 0.283 e. The van der Waals surface area contributed by atoms with Gasteiger partial charge in [0.15, 0.2) is 14.8 Å². The van der Waals surface area contributed by atoms with Crippen molar-refractivity contribution in [1.82, 2.24) is 20.4 Å². The van der Waals surface area contributed by atoms with E-state index >= 15 is 0 Å². The number of nitrogens with zero attached hydrogens (tertiary/aromatic N) is 4. The van der Waals surface area contributed by atoms with Gasteiger partial charge in [0.25, 0.3) is 5.89 Å². The molecule has 0 fully saturated rings. The largest absolute Gasteiger partial charge is 0.444 e. The lowest BCUT2D eigenvalue weighted by molar-refractivity contribution is 0.486. The highest BCUT2D eigenvalue weighted by atomic mass is 79.9. The molecule has 3 aromatic heterocycles. The molecule has 0 aliphatic rings. The number of nitrogens with one attached hydrogen (secondary N) is 1. The third kappa shape index (κ3) is 3.02. The van der Waals surface area contributed by atoms with E-state index in [9.17, 15) is 0 Å². The van der Waals surface area contributed by atoms with Gasteiger partial charge in [0.1, 0.15) is 0 Å². The first-order chi connectivity index (χ1) is 9.74. The molecule has 3 heterocycles. The highest BCUT2D eigenvalue weighted by Crippen LogP contribution is 2.29. The van der Waals surface area contributed by atoms with Crippen molar-refractivity contribution in [2.24, 2.45) is 0 Å². The molecule has 0 unspecified atom stereocenters. The highest BCUT2D eigenvalue weighted by Gasteiger charge is 2.13. The predicted octanol–water partition coefficient (Wildman–Crippen LogP) is 3.28. The summed E-state index contributed by atoms with van der Waals surface area (Å²) in [6.07, 6.45) is 0. The molecule has 0 radical (unpaired) electrons. The summed E-state index contributed by atoms with van der Waals surface area (Å²) in [6, 6.07) is 3.53. The Morgan fingerprint density at radius 1 is 1.25 bits per heavy atom. The molecule has 20 heavy (non-hydrogen) atoms. The van der Waals surface area contributed by atoms with Crippen LogP contribution in [0, 0.1) is 0 Å². The van der Waals surface area contributed by atoms with Crippen LogP contribution in [0.3, 0.4) is 0 Å². The average Bonchev–Trinajstić information content (AvgIpc) is 3.16. The Bertz CT molecular complexity index is 710. The van der Waals surface area contributed by atoms with Crippen LogP contribution < -0.4 is 5.32 Å². The summed E-state index contributed by atoms with van der Waals surface area (Å²) in [7, 11) is 1.81. The minimum atomic E-state index is 0.361. The van der Waals surface area contributed by atoms with Gasteiger partial charge in [-0.15, -0.1) is 20.4 Å². The summed E-state index contributed by atoms with van der Waals surface area (Å²) < 4.78 is 12.3. The number of aromatic nitrogens is 4. The number of thioether (sulfide) groups is 1. The molecule has 0 bridgehead atoms. The second kappa shape index (κ2) is 5.94. The molecule has 0 aromatic carbocycles. The van der Waals surface area contributed by atoms with E-state index in [0.29, 0.717) is 28.0 Å². The molecule has 0 spiro atoms. The van der Waals surface area contributed by atoms with E-state index < -0.39 is 0 Å². The minimum Gasteiger partial charge on any atom is -0.444 e. The van der Waals surface area contributed by atoms with Crippen LogP contribution in [-0.4, -0.2) is 27.4 Å². The van der Waals surface area contributed by atoms with Gasteiger partial charge in [0, 0.05) is 7.05 Å². The molecule has 1 N–H and O–H groups in total. The Hall–Kier alpha value is -1.39. The summed E-state index contributed by atoms with van der Waals surface area (Å²) in [6.45, 7) is 0. The van der Waals surface area contributed by atoms with Gasteiger partial charge in [0.05, 0.1) is 5.75 Å². The van der Waals surface area contributed by atoms with Crippen LogP contribution in [0.25, 0.3) is 11.7 Å². The fourth-order valence-electron chi connectivity index (χ4n) is 1.33. The molecule has 10 heteroatoms. The monoisotopic (exact) mass is 373 g/mol. The molecular formula is C10H8BrN5O2S2. The minimum absolute atomic E-state index is 0.361. The summed E-state index contributed by atoms with van der Waals surface area (Å²) in [5.41, 5.74) is 0. The SMILES string of the molecule is CNc1nnc(SCc2nnc(-c3ccc(Br)o3)o2)s1. The van der Waals surface area contributed by atoms with Gasteiger partial charge in [-0.25, -0.2) is 0 Å². The molecule has 0 saturated carbocycles. The van der Waals surface area contributed by atoms with Gasteiger partial charge in [-0.3, -0.25) is 0 Å². The van der Waals surface area contributed by atoms with Crippen molar-refractivity contribution >= 4 is 44.2 Å². The normalized spacial score (nSPS) is 10.9. The Labute approximate surface area is 130 Å². The van der Waals surface area contributed by atoms with Crippen LogP contribution in [0.1, 0.15) is 5.89 Å². The zero-order chi connectivity index (χ0) is 13.9. The maximum absolute atomic E-state index is 5.52. The van der Waals surface area contributed by atoms with E-state index in [-0.39, 0.29) is 0 Å². The summed E-state index contributed by atoms with van der Waals surface area (Å²) >= 11 is 6.19. The van der Waals surface area contributed by atoms with Gasteiger partial charge in [-0.1, -0.05) is 23.1 Å². The van der Waals surface area contributed by atoms with E-state index in [4.69, 9.17) is 8.83 Å². The van der Waals surface area contributed by atoms with Crippen LogP contribution in [0.5, 0.6) is 0 Å². The first kappa shape index (κ1) is 13.6. The Kier molecular flexibility index (Phi) is 4.03. The van der Waals surface area contributed by atoms with Gasteiger partial charge in [-0.05, 0) is 28.1 Å². The molecule has 3 aromatic rings. The first-order valence-electron chi connectivity index (χ1n) is 5.47. The third-order valence-corrected chi connectivity index (χ3v) is 4.68. The van der Waals surface area contributed by atoms with Crippen LogP contribution in [-0.2, 0) is 5.75 Å². The predicted molar refractivity (Wildman–Crippen MR) is 78.7 cm³/mol. The topological polar surface area (TPSA) is 89.9 Å². The number of anilines is 1. The maximum atomic E-state index is 5.52. The number of halogens is 1. The molecule has 7 nitrogen and oxygen atoms in total. The van der Waals surface area contributed by atoms with Crippen LogP contribution in [0.4, 0.5) is 5.13 Å². The second-order valence-electron chi connectivity index (χ2n) is 3.52. The van der Waals surface area contributed by atoms with Crippen molar-refractivity contribution in [1.29, 1.82) is 0 Å². The second-order valence-corrected chi connectivity index (χ2v) is 6.50. The fourth-order valence-corrected chi connectivity index (χ4v) is 3.18. The van der Waals surface area contributed by atoms with Crippen molar-refractivity contribution in [2.45, 2.75) is 10.1 Å². The molecular weight excluding hydrogens is 366 g/mol. The van der Waals surface area contributed by atoms with E-state index in [2.05, 4.69) is 41.6 Å². The van der Waals surface area contributed by atoms with Gasteiger partial charge < -0.3 is 14.2 Å². The Balaban J connectivity index is 1.65. The Morgan fingerprint density at radius 2 is 2.15 bits per heavy atom. The zero-order valence-electron chi connectivity index (χ0n) is 10.2. The quantitative estimate of drug-likeness (QED) is 0.681. The first-order valence-corrected chi connectivity index (χ1v) is 8.06. The van der Waals surface area contributed by atoms with Crippen molar-refractivity contribution in [3.05, 3.63) is 22.7 Å². The van der Waals surface area contributed by atoms with Gasteiger partial charge in [0.2, 0.25) is 11.0 Å². The van der Waals surface area contributed by atoms with Crippen molar-refractivity contribution in [3.63, 3.8) is 0 Å². The standard InChI is InChI=1S/C10H8BrN5O2S2/c1-12-9-15-16-10(20-9)19-4-7-13-14-8(18-7)5-2-3-6(11)17-5/h2-3H,4H2,1H3,(H,12,15). The van der Waals surface area contributed by atoms with Crippen LogP contribution in [0.2, 0.25) is 0 Å². The number of hydrogen-bond donors (Lipinski definition) is 1. The molecule has 0 atom stereocenters. The fraction of sp³-hybridized carbons (Fsp3) is 0.200.